The summed E-state index contributed by atoms with van der Waals surface area (Å²) in [4.78, 5) is 26.1. The van der Waals surface area contributed by atoms with E-state index in [-0.39, 0.29) is 46.5 Å². The van der Waals surface area contributed by atoms with Gasteiger partial charge in [-0.25, -0.2) is 22.0 Å². The van der Waals surface area contributed by atoms with E-state index in [0.717, 1.165) is 12.1 Å². The van der Waals surface area contributed by atoms with Crippen LogP contribution >= 0.6 is 0 Å². The van der Waals surface area contributed by atoms with Gasteiger partial charge in [0.25, 0.3) is 0 Å². The molecule has 9 nitrogen and oxygen atoms in total. The lowest BCUT2D eigenvalue weighted by Gasteiger charge is -2.42. The fourth-order valence-corrected chi connectivity index (χ4v) is 5.94. The third-order valence-corrected chi connectivity index (χ3v) is 8.30. The first-order valence-electron chi connectivity index (χ1n) is 8.75. The van der Waals surface area contributed by atoms with Gasteiger partial charge in [-0.2, -0.15) is 4.31 Å². The number of sulfonamides is 2. The lowest BCUT2D eigenvalue weighted by Crippen LogP contribution is -2.62. The molecule has 3 aliphatic rings. The summed E-state index contributed by atoms with van der Waals surface area (Å²) in [6, 6.07) is 4.14. The van der Waals surface area contributed by atoms with Crippen molar-refractivity contribution < 1.29 is 26.4 Å². The fraction of sp³-hybridized carbons (Fsp3) is 0.412. The highest BCUT2D eigenvalue weighted by atomic mass is 32.2. The van der Waals surface area contributed by atoms with Crippen LogP contribution in [-0.4, -0.2) is 57.0 Å². The Hall–Kier alpha value is -2.08. The first kappa shape index (κ1) is 19.2. The largest absolute Gasteiger partial charge is 0.276 e. The summed E-state index contributed by atoms with van der Waals surface area (Å²) in [5.41, 5.74) is 0. The Bertz CT molecular complexity index is 1050. The van der Waals surface area contributed by atoms with Gasteiger partial charge in [0.1, 0.15) is 0 Å². The predicted octanol–water partition coefficient (Wildman–Crippen LogP) is -0.342. The van der Waals surface area contributed by atoms with E-state index in [2.05, 4.69) is 0 Å². The molecule has 2 heterocycles. The van der Waals surface area contributed by atoms with E-state index in [0.29, 0.717) is 12.8 Å². The van der Waals surface area contributed by atoms with Gasteiger partial charge in [0.05, 0.1) is 27.7 Å². The summed E-state index contributed by atoms with van der Waals surface area (Å²) >= 11 is 0. The topological polar surface area (TPSA) is 135 Å². The van der Waals surface area contributed by atoms with Crippen molar-refractivity contribution in [3.8, 4) is 0 Å². The molecular formula is C17H19N3O6S2. The summed E-state index contributed by atoms with van der Waals surface area (Å²) in [5, 5.41) is 5.02. The number of amides is 2. The first-order chi connectivity index (χ1) is 13.1. The lowest BCUT2D eigenvalue weighted by molar-refractivity contribution is -0.145. The standard InChI is InChI=1S/C17H19N3O6S2/c18-27(23,24)12-5-7-13(8-6-12)28(25,26)19-9-11(10-19)20-16(21)14-3-1-2-4-15(14)17(20)22/h1-2,5-8,11,14-15H,3-4,9-10H2,(H2,18,23,24). The van der Waals surface area contributed by atoms with Crippen molar-refractivity contribution in [3.63, 3.8) is 0 Å². The van der Waals surface area contributed by atoms with E-state index >= 15 is 0 Å². The number of fused-ring (bicyclic) bond motifs is 1. The molecule has 4 rings (SSSR count). The monoisotopic (exact) mass is 425 g/mol. The van der Waals surface area contributed by atoms with Crippen LogP contribution in [-0.2, 0) is 29.6 Å². The molecule has 0 saturated carbocycles. The minimum absolute atomic E-state index is 0.0314. The molecule has 1 aromatic carbocycles. The van der Waals surface area contributed by atoms with Crippen molar-refractivity contribution >= 4 is 31.9 Å². The summed E-state index contributed by atoms with van der Waals surface area (Å²) in [5.74, 6) is -1.12. The zero-order chi connectivity index (χ0) is 20.3. The Kier molecular flexibility index (Phi) is 4.45. The van der Waals surface area contributed by atoms with Crippen LogP contribution in [0, 0.1) is 11.8 Å². The maximum absolute atomic E-state index is 12.7. The van der Waals surface area contributed by atoms with E-state index in [4.69, 9.17) is 5.14 Å². The summed E-state index contributed by atoms with van der Waals surface area (Å²) < 4.78 is 49.2. The Labute approximate surface area is 162 Å². The smallest absolute Gasteiger partial charge is 0.243 e. The van der Waals surface area contributed by atoms with E-state index in [1.165, 1.54) is 21.3 Å². The number of likely N-dealkylation sites (tertiary alicyclic amines) is 1. The van der Waals surface area contributed by atoms with Gasteiger partial charge in [-0.05, 0) is 37.1 Å². The second-order valence-electron chi connectivity index (χ2n) is 7.19. The Morgan fingerprint density at radius 1 is 0.821 bits per heavy atom. The number of imide groups is 1. The number of hydrogen-bond donors (Lipinski definition) is 1. The SMILES string of the molecule is NS(=O)(=O)c1ccc(S(=O)(=O)N2CC(N3C(=O)C4CC=CCC4C3=O)C2)cc1. The number of benzene rings is 1. The van der Waals surface area contributed by atoms with Crippen LogP contribution in [0.15, 0.2) is 46.2 Å². The summed E-state index contributed by atoms with van der Waals surface area (Å²) in [6.07, 6.45) is 4.88. The second kappa shape index (κ2) is 6.48. The Morgan fingerprint density at radius 3 is 1.75 bits per heavy atom. The van der Waals surface area contributed by atoms with Crippen molar-refractivity contribution in [3.05, 3.63) is 36.4 Å². The molecule has 1 aliphatic carbocycles. The minimum Gasteiger partial charge on any atom is -0.276 e. The molecule has 2 N–H and O–H groups in total. The number of rotatable bonds is 4. The predicted molar refractivity (Wildman–Crippen MR) is 97.6 cm³/mol. The van der Waals surface area contributed by atoms with Crippen LogP contribution in [0.25, 0.3) is 0 Å². The van der Waals surface area contributed by atoms with Gasteiger partial charge in [0, 0.05) is 13.1 Å². The van der Waals surface area contributed by atoms with Crippen LogP contribution < -0.4 is 5.14 Å². The van der Waals surface area contributed by atoms with Gasteiger partial charge in [-0.1, -0.05) is 12.2 Å². The number of carbonyl (C=O) groups is 2. The highest BCUT2D eigenvalue weighted by Gasteiger charge is 2.53. The third kappa shape index (κ3) is 2.98. The van der Waals surface area contributed by atoms with Crippen LogP contribution in [0.3, 0.4) is 0 Å². The highest BCUT2D eigenvalue weighted by molar-refractivity contribution is 7.89. The summed E-state index contributed by atoms with van der Waals surface area (Å²) in [6.45, 7) is 0.0627. The van der Waals surface area contributed by atoms with Crippen molar-refractivity contribution in [2.45, 2.75) is 28.7 Å². The minimum atomic E-state index is -3.91. The molecule has 0 aromatic heterocycles. The Morgan fingerprint density at radius 2 is 1.29 bits per heavy atom. The van der Waals surface area contributed by atoms with Gasteiger partial charge < -0.3 is 0 Å². The number of allylic oxidation sites excluding steroid dienone is 2. The first-order valence-corrected chi connectivity index (χ1v) is 11.7. The molecule has 0 bridgehead atoms. The van der Waals surface area contributed by atoms with Crippen LogP contribution in [0.5, 0.6) is 0 Å². The highest BCUT2D eigenvalue weighted by Crippen LogP contribution is 2.38. The quantitative estimate of drug-likeness (QED) is 0.518. The third-order valence-electron chi connectivity index (χ3n) is 5.53. The maximum Gasteiger partial charge on any atom is 0.243 e. The second-order valence-corrected chi connectivity index (χ2v) is 10.7. The molecule has 28 heavy (non-hydrogen) atoms. The van der Waals surface area contributed by atoms with Gasteiger partial charge in [0.2, 0.25) is 31.9 Å². The average Bonchev–Trinajstić information content (AvgIpc) is 2.85. The molecule has 2 saturated heterocycles. The van der Waals surface area contributed by atoms with Crippen molar-refractivity contribution in [1.29, 1.82) is 0 Å². The molecule has 0 radical (unpaired) electrons. The van der Waals surface area contributed by atoms with Crippen molar-refractivity contribution in [2.75, 3.05) is 13.1 Å². The molecule has 2 aliphatic heterocycles. The van der Waals surface area contributed by atoms with Crippen LogP contribution in [0.1, 0.15) is 12.8 Å². The van der Waals surface area contributed by atoms with Gasteiger partial charge >= 0.3 is 0 Å². The van der Waals surface area contributed by atoms with Gasteiger partial charge in [0.15, 0.2) is 0 Å². The molecule has 2 amide bonds. The lowest BCUT2D eigenvalue weighted by atomic mass is 9.85. The fourth-order valence-electron chi connectivity index (χ4n) is 3.91. The molecule has 2 fully saturated rings. The van der Waals surface area contributed by atoms with Crippen molar-refractivity contribution in [2.24, 2.45) is 17.0 Å². The number of nitrogens with zero attached hydrogens (tertiary/aromatic N) is 2. The van der Waals surface area contributed by atoms with E-state index in [1.807, 2.05) is 12.2 Å². The van der Waals surface area contributed by atoms with E-state index in [9.17, 15) is 26.4 Å². The van der Waals surface area contributed by atoms with Crippen LogP contribution in [0.2, 0.25) is 0 Å². The molecule has 1 aromatic rings. The zero-order valence-electron chi connectivity index (χ0n) is 14.8. The maximum atomic E-state index is 12.7. The van der Waals surface area contributed by atoms with Gasteiger partial charge in [-0.15, -0.1) is 0 Å². The number of carbonyl (C=O) groups excluding carboxylic acids is 2. The summed E-state index contributed by atoms with van der Waals surface area (Å²) in [7, 11) is -7.77. The molecule has 2 unspecified atom stereocenters. The van der Waals surface area contributed by atoms with Gasteiger partial charge in [-0.3, -0.25) is 14.5 Å². The molecule has 0 spiro atoms. The van der Waals surface area contributed by atoms with E-state index in [1.54, 1.807) is 0 Å². The number of hydrogen-bond acceptors (Lipinski definition) is 6. The van der Waals surface area contributed by atoms with E-state index < -0.39 is 26.1 Å². The molecular weight excluding hydrogens is 406 g/mol. The Balaban J connectivity index is 1.47. The normalized spacial score (nSPS) is 26.4. The average molecular weight is 425 g/mol. The van der Waals surface area contributed by atoms with Crippen molar-refractivity contribution in [1.82, 2.24) is 9.21 Å². The number of primary sulfonamides is 1. The number of nitrogens with two attached hydrogens (primary N) is 1. The zero-order valence-corrected chi connectivity index (χ0v) is 16.4. The molecule has 11 heteroatoms. The molecule has 2 atom stereocenters. The molecule has 150 valence electrons. The van der Waals surface area contributed by atoms with Crippen LogP contribution in [0.4, 0.5) is 0 Å².